The molecule has 72 valence electrons. The Labute approximate surface area is 80.3 Å². The van der Waals surface area contributed by atoms with Crippen LogP contribution < -0.4 is 11.5 Å². The summed E-state index contributed by atoms with van der Waals surface area (Å²) in [5.74, 6) is -0.541. The average Bonchev–Trinajstić information content (AvgIpc) is 2.43. The zero-order valence-corrected chi connectivity index (χ0v) is 7.69. The van der Waals surface area contributed by atoms with Crippen LogP contribution in [-0.4, -0.2) is 15.7 Å². The minimum Gasteiger partial charge on any atom is -0.399 e. The first-order valence-electron chi connectivity index (χ1n) is 4.11. The SMILES string of the molecule is Cn1nc(C(N)=O)c2cc(N)ccc21. The molecule has 0 saturated heterocycles. The fraction of sp³-hybridized carbons (Fsp3) is 0.111. The van der Waals surface area contributed by atoms with Gasteiger partial charge in [-0.25, -0.2) is 0 Å². The van der Waals surface area contributed by atoms with E-state index in [1.54, 1.807) is 23.9 Å². The van der Waals surface area contributed by atoms with Crippen molar-refractivity contribution in [3.8, 4) is 0 Å². The third kappa shape index (κ3) is 1.10. The van der Waals surface area contributed by atoms with Gasteiger partial charge in [-0.3, -0.25) is 9.48 Å². The summed E-state index contributed by atoms with van der Waals surface area (Å²) in [7, 11) is 1.75. The van der Waals surface area contributed by atoms with Gasteiger partial charge in [0.25, 0.3) is 5.91 Å². The molecule has 0 aliphatic carbocycles. The first-order valence-corrected chi connectivity index (χ1v) is 4.11. The molecule has 1 aromatic heterocycles. The summed E-state index contributed by atoms with van der Waals surface area (Å²) < 4.78 is 1.61. The van der Waals surface area contributed by atoms with Crippen LogP contribution in [0.5, 0.6) is 0 Å². The van der Waals surface area contributed by atoms with Gasteiger partial charge in [0.15, 0.2) is 5.69 Å². The van der Waals surface area contributed by atoms with Crippen molar-refractivity contribution in [2.75, 3.05) is 5.73 Å². The van der Waals surface area contributed by atoms with Crippen LogP contribution in [0.15, 0.2) is 18.2 Å². The Morgan fingerprint density at radius 3 is 2.86 bits per heavy atom. The highest BCUT2D eigenvalue weighted by Crippen LogP contribution is 2.20. The lowest BCUT2D eigenvalue weighted by molar-refractivity contribution is 0.0996. The maximum Gasteiger partial charge on any atom is 0.269 e. The average molecular weight is 190 g/mol. The van der Waals surface area contributed by atoms with E-state index in [0.717, 1.165) is 5.52 Å². The van der Waals surface area contributed by atoms with Gasteiger partial charge in [0.05, 0.1) is 5.52 Å². The van der Waals surface area contributed by atoms with Gasteiger partial charge >= 0.3 is 0 Å². The molecule has 1 aromatic carbocycles. The topological polar surface area (TPSA) is 86.9 Å². The van der Waals surface area contributed by atoms with Crippen molar-refractivity contribution in [2.24, 2.45) is 12.8 Å². The van der Waals surface area contributed by atoms with Gasteiger partial charge in [-0.2, -0.15) is 5.10 Å². The van der Waals surface area contributed by atoms with Crippen molar-refractivity contribution in [1.82, 2.24) is 9.78 Å². The number of hydrogen-bond acceptors (Lipinski definition) is 3. The number of carbonyl (C=O) groups is 1. The minimum atomic E-state index is -0.541. The number of nitrogens with two attached hydrogens (primary N) is 2. The first kappa shape index (κ1) is 8.55. The first-order chi connectivity index (χ1) is 6.59. The summed E-state index contributed by atoms with van der Waals surface area (Å²) in [4.78, 5) is 11.0. The number of hydrogen-bond donors (Lipinski definition) is 2. The molecule has 5 nitrogen and oxygen atoms in total. The maximum absolute atomic E-state index is 11.0. The second kappa shape index (κ2) is 2.73. The standard InChI is InChI=1S/C9H10N4O/c1-13-7-3-2-5(10)4-6(7)8(12-13)9(11)14/h2-4H,10H2,1H3,(H2,11,14). The second-order valence-corrected chi connectivity index (χ2v) is 3.11. The molecule has 2 aromatic rings. The van der Waals surface area contributed by atoms with E-state index in [2.05, 4.69) is 5.10 Å². The lowest BCUT2D eigenvalue weighted by Gasteiger charge is -1.94. The van der Waals surface area contributed by atoms with Crippen LogP contribution in [0.3, 0.4) is 0 Å². The Morgan fingerprint density at radius 1 is 1.50 bits per heavy atom. The fourth-order valence-electron chi connectivity index (χ4n) is 1.47. The lowest BCUT2D eigenvalue weighted by atomic mass is 10.2. The van der Waals surface area contributed by atoms with Crippen LogP contribution >= 0.6 is 0 Å². The smallest absolute Gasteiger partial charge is 0.269 e. The number of benzene rings is 1. The quantitative estimate of drug-likeness (QED) is 0.632. The van der Waals surface area contributed by atoms with Crippen molar-refractivity contribution in [1.29, 1.82) is 0 Å². The molecule has 0 aliphatic heterocycles. The van der Waals surface area contributed by atoms with Crippen LogP contribution in [0, 0.1) is 0 Å². The molecule has 14 heavy (non-hydrogen) atoms. The Morgan fingerprint density at radius 2 is 2.21 bits per heavy atom. The van der Waals surface area contributed by atoms with Gasteiger partial charge in [0, 0.05) is 18.1 Å². The number of aryl methyl sites for hydroxylation is 1. The summed E-state index contributed by atoms with van der Waals surface area (Å²) in [6.07, 6.45) is 0. The normalized spacial score (nSPS) is 10.6. The molecule has 0 fully saturated rings. The van der Waals surface area contributed by atoms with E-state index in [1.807, 2.05) is 6.07 Å². The van der Waals surface area contributed by atoms with Crippen LogP contribution in [0.1, 0.15) is 10.5 Å². The molecular weight excluding hydrogens is 180 g/mol. The van der Waals surface area contributed by atoms with Gasteiger partial charge in [-0.15, -0.1) is 0 Å². The van der Waals surface area contributed by atoms with E-state index in [-0.39, 0.29) is 5.69 Å². The zero-order chi connectivity index (χ0) is 10.3. The summed E-state index contributed by atoms with van der Waals surface area (Å²) in [5, 5.41) is 4.71. The van der Waals surface area contributed by atoms with Crippen LogP contribution in [0.4, 0.5) is 5.69 Å². The largest absolute Gasteiger partial charge is 0.399 e. The number of carbonyl (C=O) groups excluding carboxylic acids is 1. The van der Waals surface area contributed by atoms with Crippen molar-refractivity contribution in [2.45, 2.75) is 0 Å². The molecule has 0 aliphatic rings. The van der Waals surface area contributed by atoms with E-state index < -0.39 is 5.91 Å². The molecule has 0 radical (unpaired) electrons. The van der Waals surface area contributed by atoms with E-state index in [4.69, 9.17) is 11.5 Å². The third-order valence-electron chi connectivity index (χ3n) is 2.11. The summed E-state index contributed by atoms with van der Waals surface area (Å²) >= 11 is 0. The third-order valence-corrected chi connectivity index (χ3v) is 2.11. The van der Waals surface area contributed by atoms with Crippen molar-refractivity contribution < 1.29 is 4.79 Å². The van der Waals surface area contributed by atoms with Gasteiger partial charge in [-0.05, 0) is 18.2 Å². The monoisotopic (exact) mass is 190 g/mol. The number of amides is 1. The number of anilines is 1. The predicted octanol–water partition coefficient (Wildman–Crippen LogP) is 0.254. The molecule has 5 heteroatoms. The number of aromatic nitrogens is 2. The van der Waals surface area contributed by atoms with Crippen LogP contribution in [-0.2, 0) is 7.05 Å². The lowest BCUT2D eigenvalue weighted by Crippen LogP contribution is -2.12. The molecule has 1 amide bonds. The number of fused-ring (bicyclic) bond motifs is 1. The van der Waals surface area contributed by atoms with Gasteiger partial charge in [-0.1, -0.05) is 0 Å². The fourth-order valence-corrected chi connectivity index (χ4v) is 1.47. The molecule has 0 saturated carbocycles. The van der Waals surface area contributed by atoms with Crippen molar-refractivity contribution >= 4 is 22.5 Å². The molecule has 4 N–H and O–H groups in total. The molecule has 0 unspecified atom stereocenters. The highest BCUT2D eigenvalue weighted by molar-refractivity contribution is 6.04. The number of nitrogen functional groups attached to an aromatic ring is 1. The van der Waals surface area contributed by atoms with Crippen LogP contribution in [0.25, 0.3) is 10.9 Å². The van der Waals surface area contributed by atoms with Gasteiger partial charge in [0.1, 0.15) is 0 Å². The van der Waals surface area contributed by atoms with E-state index in [9.17, 15) is 4.79 Å². The second-order valence-electron chi connectivity index (χ2n) is 3.11. The van der Waals surface area contributed by atoms with Crippen LogP contribution in [0.2, 0.25) is 0 Å². The zero-order valence-electron chi connectivity index (χ0n) is 7.69. The molecule has 1 heterocycles. The summed E-state index contributed by atoms with van der Waals surface area (Å²) in [6, 6.07) is 5.27. The van der Waals surface area contributed by atoms with E-state index in [0.29, 0.717) is 11.1 Å². The summed E-state index contributed by atoms with van der Waals surface area (Å²) in [6.45, 7) is 0. The summed E-state index contributed by atoms with van der Waals surface area (Å²) in [5.41, 5.74) is 12.5. The Balaban J connectivity index is 2.85. The highest BCUT2D eigenvalue weighted by atomic mass is 16.1. The Hall–Kier alpha value is -2.04. The van der Waals surface area contributed by atoms with E-state index >= 15 is 0 Å². The number of rotatable bonds is 1. The van der Waals surface area contributed by atoms with Crippen molar-refractivity contribution in [3.05, 3.63) is 23.9 Å². The maximum atomic E-state index is 11.0. The molecule has 0 bridgehead atoms. The number of nitrogens with zero attached hydrogens (tertiary/aromatic N) is 2. The minimum absolute atomic E-state index is 0.259. The Bertz CT molecular complexity index is 515. The number of primary amides is 1. The van der Waals surface area contributed by atoms with Gasteiger partial charge in [0.2, 0.25) is 0 Å². The predicted molar refractivity (Wildman–Crippen MR) is 53.6 cm³/mol. The Kier molecular flexibility index (Phi) is 1.67. The van der Waals surface area contributed by atoms with Crippen molar-refractivity contribution in [3.63, 3.8) is 0 Å². The highest BCUT2D eigenvalue weighted by Gasteiger charge is 2.12. The molecule has 0 spiro atoms. The molecule has 2 rings (SSSR count). The van der Waals surface area contributed by atoms with E-state index in [1.165, 1.54) is 0 Å². The molecule has 0 atom stereocenters. The van der Waals surface area contributed by atoms with Gasteiger partial charge < -0.3 is 11.5 Å². The molecular formula is C9H10N4O.